The van der Waals surface area contributed by atoms with E-state index in [9.17, 15) is 13.2 Å². The molecule has 1 aromatic rings. The van der Waals surface area contributed by atoms with Crippen molar-refractivity contribution in [1.82, 2.24) is 15.0 Å². The summed E-state index contributed by atoms with van der Waals surface area (Å²) in [5, 5.41) is 5.62. The Bertz CT molecular complexity index is 572. The Balaban J connectivity index is 2.45. The second kappa shape index (κ2) is 7.20. The zero-order chi connectivity index (χ0) is 15.2. The van der Waals surface area contributed by atoms with Crippen molar-refractivity contribution in [2.24, 2.45) is 0 Å². The summed E-state index contributed by atoms with van der Waals surface area (Å²) in [7, 11) is -1.43. The van der Waals surface area contributed by atoms with Crippen LogP contribution < -0.4 is 15.4 Å². The summed E-state index contributed by atoms with van der Waals surface area (Å²) in [6.07, 6.45) is 1.63. The highest BCUT2D eigenvalue weighted by molar-refractivity contribution is 7.88. The lowest BCUT2D eigenvalue weighted by Gasteiger charge is -2.08. The van der Waals surface area contributed by atoms with Crippen molar-refractivity contribution in [2.45, 2.75) is 13.3 Å². The van der Waals surface area contributed by atoms with E-state index >= 15 is 0 Å². The number of hydrogen-bond donors (Lipinski definition) is 3. The first kappa shape index (κ1) is 16.4. The Kier molecular flexibility index (Phi) is 5.90. The number of anilines is 1. The molecule has 20 heavy (non-hydrogen) atoms. The molecule has 0 bridgehead atoms. The fourth-order valence-electron chi connectivity index (χ4n) is 1.58. The summed E-state index contributed by atoms with van der Waals surface area (Å²) in [5.74, 6) is 0.431. The molecule has 0 saturated carbocycles. The molecule has 7 nitrogen and oxygen atoms in total. The molecule has 1 aromatic heterocycles. The van der Waals surface area contributed by atoms with Crippen molar-refractivity contribution in [1.29, 1.82) is 0 Å². The van der Waals surface area contributed by atoms with Gasteiger partial charge in [-0.25, -0.2) is 18.1 Å². The third kappa shape index (κ3) is 5.98. The number of amides is 1. The van der Waals surface area contributed by atoms with Crippen LogP contribution in [0.3, 0.4) is 0 Å². The lowest BCUT2D eigenvalue weighted by molar-refractivity contribution is 0.0953. The highest BCUT2D eigenvalue weighted by atomic mass is 32.2. The van der Waals surface area contributed by atoms with Crippen LogP contribution in [0.4, 0.5) is 5.82 Å². The van der Waals surface area contributed by atoms with Gasteiger partial charge in [-0.3, -0.25) is 4.79 Å². The van der Waals surface area contributed by atoms with E-state index < -0.39 is 10.0 Å². The van der Waals surface area contributed by atoms with Crippen molar-refractivity contribution in [3.05, 3.63) is 23.4 Å². The standard InChI is InChI=1S/C12H20N4O3S/c1-9-7-10(8-11(13-2)16-9)12(17)14-5-4-6-15-20(3,18)19/h7-8,15H,4-6H2,1-3H3,(H,13,16)(H,14,17). The van der Waals surface area contributed by atoms with Crippen molar-refractivity contribution in [2.75, 3.05) is 31.7 Å². The van der Waals surface area contributed by atoms with Gasteiger partial charge < -0.3 is 10.6 Å². The second-order valence-corrected chi connectivity index (χ2v) is 6.24. The normalized spacial score (nSPS) is 11.2. The number of hydrogen-bond acceptors (Lipinski definition) is 5. The number of nitrogens with zero attached hydrogens (tertiary/aromatic N) is 1. The zero-order valence-electron chi connectivity index (χ0n) is 11.9. The van der Waals surface area contributed by atoms with Crippen molar-refractivity contribution in [3.8, 4) is 0 Å². The molecule has 8 heteroatoms. The Morgan fingerprint density at radius 3 is 2.60 bits per heavy atom. The van der Waals surface area contributed by atoms with Crippen LogP contribution in [0.2, 0.25) is 0 Å². The molecular weight excluding hydrogens is 280 g/mol. The van der Waals surface area contributed by atoms with E-state index in [0.29, 0.717) is 30.9 Å². The van der Waals surface area contributed by atoms with Crippen LogP contribution >= 0.6 is 0 Å². The van der Waals surface area contributed by atoms with E-state index in [-0.39, 0.29) is 5.91 Å². The number of aryl methyl sites for hydroxylation is 1. The molecule has 0 spiro atoms. The van der Waals surface area contributed by atoms with Gasteiger partial charge in [-0.1, -0.05) is 0 Å². The van der Waals surface area contributed by atoms with Gasteiger partial charge in [-0.2, -0.15) is 0 Å². The van der Waals surface area contributed by atoms with Gasteiger partial charge in [0.05, 0.1) is 6.26 Å². The maximum atomic E-state index is 11.9. The van der Waals surface area contributed by atoms with E-state index in [1.165, 1.54) is 0 Å². The number of carbonyl (C=O) groups is 1. The molecule has 1 rings (SSSR count). The Hall–Kier alpha value is -1.67. The number of pyridine rings is 1. The molecule has 0 aliphatic rings. The third-order valence-corrected chi connectivity index (χ3v) is 3.20. The van der Waals surface area contributed by atoms with Crippen molar-refractivity contribution >= 4 is 21.7 Å². The molecule has 112 valence electrons. The van der Waals surface area contributed by atoms with Gasteiger partial charge in [-0.15, -0.1) is 0 Å². The predicted molar refractivity (Wildman–Crippen MR) is 78.3 cm³/mol. The Labute approximate surface area is 119 Å². The molecule has 0 unspecified atom stereocenters. The average Bonchev–Trinajstić information content (AvgIpc) is 2.36. The van der Waals surface area contributed by atoms with Gasteiger partial charge in [0.1, 0.15) is 5.82 Å². The van der Waals surface area contributed by atoms with Crippen LogP contribution in [-0.2, 0) is 10.0 Å². The molecule has 3 N–H and O–H groups in total. The number of nitrogens with one attached hydrogen (secondary N) is 3. The topological polar surface area (TPSA) is 100 Å². The number of aromatic nitrogens is 1. The van der Waals surface area contributed by atoms with Gasteiger partial charge >= 0.3 is 0 Å². The van der Waals surface area contributed by atoms with Crippen molar-refractivity contribution < 1.29 is 13.2 Å². The molecule has 0 radical (unpaired) electrons. The summed E-state index contributed by atoms with van der Waals surface area (Å²) in [4.78, 5) is 16.1. The van der Waals surface area contributed by atoms with Gasteiger partial charge in [-0.05, 0) is 25.5 Å². The first-order chi connectivity index (χ1) is 9.31. The summed E-state index contributed by atoms with van der Waals surface area (Å²) in [6.45, 7) is 2.52. The third-order valence-electron chi connectivity index (χ3n) is 2.48. The molecule has 0 saturated heterocycles. The molecule has 0 aromatic carbocycles. The van der Waals surface area contributed by atoms with E-state index in [1.54, 1.807) is 19.2 Å². The van der Waals surface area contributed by atoms with Gasteiger partial charge in [0.2, 0.25) is 10.0 Å². The molecule has 1 amide bonds. The molecule has 1 heterocycles. The Morgan fingerprint density at radius 2 is 2.00 bits per heavy atom. The lowest BCUT2D eigenvalue weighted by Crippen LogP contribution is -2.29. The van der Waals surface area contributed by atoms with E-state index in [2.05, 4.69) is 20.3 Å². The van der Waals surface area contributed by atoms with Crippen LogP contribution in [0, 0.1) is 6.92 Å². The van der Waals surface area contributed by atoms with Gasteiger partial charge in [0.25, 0.3) is 5.91 Å². The molecule has 0 atom stereocenters. The predicted octanol–water partition coefficient (Wildman–Crippen LogP) is 0.101. The molecule has 0 fully saturated rings. The lowest BCUT2D eigenvalue weighted by atomic mass is 10.2. The first-order valence-corrected chi connectivity index (χ1v) is 8.10. The quantitative estimate of drug-likeness (QED) is 0.620. The van der Waals surface area contributed by atoms with E-state index in [1.807, 2.05) is 6.92 Å². The summed E-state index contributed by atoms with van der Waals surface area (Å²) >= 11 is 0. The van der Waals surface area contributed by atoms with Crippen LogP contribution in [-0.4, -0.2) is 45.7 Å². The largest absolute Gasteiger partial charge is 0.373 e. The number of sulfonamides is 1. The molecular formula is C12H20N4O3S. The number of rotatable bonds is 7. The average molecular weight is 300 g/mol. The van der Waals surface area contributed by atoms with E-state index in [0.717, 1.165) is 11.9 Å². The maximum Gasteiger partial charge on any atom is 0.251 e. The highest BCUT2D eigenvalue weighted by Crippen LogP contribution is 2.09. The fraction of sp³-hybridized carbons (Fsp3) is 0.500. The minimum atomic E-state index is -3.17. The van der Waals surface area contributed by atoms with Crippen LogP contribution in [0.25, 0.3) is 0 Å². The van der Waals surface area contributed by atoms with Crippen molar-refractivity contribution in [3.63, 3.8) is 0 Å². The first-order valence-electron chi connectivity index (χ1n) is 6.21. The molecule has 0 aliphatic carbocycles. The summed E-state index contributed by atoms with van der Waals surface area (Å²) < 4.78 is 24.1. The minimum Gasteiger partial charge on any atom is -0.373 e. The molecule has 0 aliphatic heterocycles. The smallest absolute Gasteiger partial charge is 0.251 e. The zero-order valence-corrected chi connectivity index (χ0v) is 12.7. The monoisotopic (exact) mass is 300 g/mol. The highest BCUT2D eigenvalue weighted by Gasteiger charge is 2.07. The Morgan fingerprint density at radius 1 is 1.30 bits per heavy atom. The van der Waals surface area contributed by atoms with Crippen LogP contribution in [0.1, 0.15) is 22.5 Å². The van der Waals surface area contributed by atoms with E-state index in [4.69, 9.17) is 0 Å². The SMILES string of the molecule is CNc1cc(C(=O)NCCCNS(C)(=O)=O)cc(C)n1. The number of carbonyl (C=O) groups excluding carboxylic acids is 1. The maximum absolute atomic E-state index is 11.9. The minimum absolute atomic E-state index is 0.202. The van der Waals surface area contributed by atoms with Crippen LogP contribution in [0.5, 0.6) is 0 Å². The summed E-state index contributed by atoms with van der Waals surface area (Å²) in [6, 6.07) is 3.36. The van der Waals surface area contributed by atoms with Gasteiger partial charge in [0, 0.05) is 31.4 Å². The van der Waals surface area contributed by atoms with Crippen LogP contribution in [0.15, 0.2) is 12.1 Å². The fourth-order valence-corrected chi connectivity index (χ4v) is 2.09. The summed E-state index contributed by atoms with van der Waals surface area (Å²) in [5.41, 5.74) is 1.28. The second-order valence-electron chi connectivity index (χ2n) is 4.41. The van der Waals surface area contributed by atoms with Gasteiger partial charge in [0.15, 0.2) is 0 Å².